The Morgan fingerprint density at radius 3 is 2.60 bits per heavy atom. The SMILES string of the molecule is CC1(C)OB(c2cnn(C3CN(CC4=CC=[C+]C=C4)C3)c2)OC1(C)C. The predicted molar refractivity (Wildman–Crippen MR) is 98.5 cm³/mol. The summed E-state index contributed by atoms with van der Waals surface area (Å²) in [6.45, 7) is 11.3. The van der Waals surface area contributed by atoms with Gasteiger partial charge >= 0.3 is 7.12 Å². The molecule has 25 heavy (non-hydrogen) atoms. The van der Waals surface area contributed by atoms with Gasteiger partial charge in [-0.2, -0.15) is 5.10 Å². The van der Waals surface area contributed by atoms with E-state index in [1.54, 1.807) is 0 Å². The summed E-state index contributed by atoms with van der Waals surface area (Å²) in [5, 5.41) is 4.54. The van der Waals surface area contributed by atoms with Crippen molar-refractivity contribution in [2.45, 2.75) is 44.9 Å². The molecule has 4 rings (SSSR count). The van der Waals surface area contributed by atoms with E-state index in [4.69, 9.17) is 9.31 Å². The minimum absolute atomic E-state index is 0.319. The molecule has 0 unspecified atom stereocenters. The Morgan fingerprint density at radius 2 is 1.96 bits per heavy atom. The standard InChI is InChI=1S/C19H25BN3O2/c1-18(2)19(3,4)25-20(24-18)16-10-21-23(12-16)17-13-22(14-17)11-15-8-6-5-7-9-15/h6-10,12,17H,11,13-14H2,1-4H3/q+1. The lowest BCUT2D eigenvalue weighted by Gasteiger charge is -2.38. The number of rotatable bonds is 4. The smallest absolute Gasteiger partial charge is 0.399 e. The van der Waals surface area contributed by atoms with Gasteiger partial charge in [-0.3, -0.25) is 9.58 Å². The quantitative estimate of drug-likeness (QED) is 0.621. The van der Waals surface area contributed by atoms with Gasteiger partial charge < -0.3 is 9.31 Å². The van der Waals surface area contributed by atoms with Gasteiger partial charge in [0.25, 0.3) is 0 Å². The van der Waals surface area contributed by atoms with Crippen LogP contribution in [0, 0.1) is 6.08 Å². The number of hydrogen-bond donors (Lipinski definition) is 0. The van der Waals surface area contributed by atoms with Crippen molar-refractivity contribution >= 4 is 12.6 Å². The molecule has 0 radical (unpaired) electrons. The molecule has 1 aromatic heterocycles. The Bertz CT molecular complexity index is 726. The van der Waals surface area contributed by atoms with E-state index in [2.05, 4.69) is 66.8 Å². The van der Waals surface area contributed by atoms with E-state index in [-0.39, 0.29) is 18.3 Å². The molecule has 0 saturated carbocycles. The van der Waals surface area contributed by atoms with Crippen molar-refractivity contribution in [1.29, 1.82) is 0 Å². The van der Waals surface area contributed by atoms with Crippen LogP contribution >= 0.6 is 0 Å². The van der Waals surface area contributed by atoms with Crippen LogP contribution in [0.1, 0.15) is 33.7 Å². The van der Waals surface area contributed by atoms with Crippen LogP contribution < -0.4 is 5.46 Å². The Balaban J connectivity index is 1.35. The summed E-state index contributed by atoms with van der Waals surface area (Å²) in [7, 11) is -0.338. The summed E-state index contributed by atoms with van der Waals surface area (Å²) >= 11 is 0. The second-order valence-corrected chi connectivity index (χ2v) is 8.10. The lowest BCUT2D eigenvalue weighted by atomic mass is 9.82. The van der Waals surface area contributed by atoms with E-state index >= 15 is 0 Å². The Morgan fingerprint density at radius 1 is 1.24 bits per heavy atom. The van der Waals surface area contributed by atoms with Crippen molar-refractivity contribution in [3.63, 3.8) is 0 Å². The fourth-order valence-corrected chi connectivity index (χ4v) is 3.28. The van der Waals surface area contributed by atoms with Gasteiger partial charge in [-0.15, -0.1) is 0 Å². The average Bonchev–Trinajstić information content (AvgIpc) is 3.07. The highest BCUT2D eigenvalue weighted by atomic mass is 16.7. The summed E-state index contributed by atoms with van der Waals surface area (Å²) in [6.07, 6.45) is 15.2. The van der Waals surface area contributed by atoms with Crippen molar-refractivity contribution in [3.05, 3.63) is 48.3 Å². The van der Waals surface area contributed by atoms with Crippen LogP contribution in [-0.2, 0) is 9.31 Å². The minimum atomic E-state index is -0.338. The third kappa shape index (κ3) is 3.11. The molecule has 2 fully saturated rings. The summed E-state index contributed by atoms with van der Waals surface area (Å²) in [6, 6.07) is 0.423. The van der Waals surface area contributed by atoms with Crippen LogP contribution in [0.5, 0.6) is 0 Å². The molecule has 2 aliphatic heterocycles. The summed E-state index contributed by atoms with van der Waals surface area (Å²) in [5.41, 5.74) is 1.69. The molecule has 0 atom stereocenters. The fourth-order valence-electron chi connectivity index (χ4n) is 3.28. The molecule has 0 N–H and O–H groups in total. The van der Waals surface area contributed by atoms with Gasteiger partial charge in [-0.05, 0) is 27.7 Å². The van der Waals surface area contributed by atoms with E-state index < -0.39 is 0 Å². The van der Waals surface area contributed by atoms with Crippen LogP contribution in [-0.4, -0.2) is 52.6 Å². The normalized spacial score (nSPS) is 25.0. The van der Waals surface area contributed by atoms with Gasteiger partial charge in [0.2, 0.25) is 0 Å². The van der Waals surface area contributed by atoms with E-state index in [1.807, 2.05) is 18.3 Å². The Hall–Kier alpha value is -1.72. The Kier molecular flexibility index (Phi) is 3.97. The minimum Gasteiger partial charge on any atom is -0.399 e. The molecule has 3 heterocycles. The number of allylic oxidation sites excluding steroid dienone is 4. The number of aromatic nitrogens is 2. The van der Waals surface area contributed by atoms with Gasteiger partial charge in [0.1, 0.15) is 12.2 Å². The van der Waals surface area contributed by atoms with E-state index in [9.17, 15) is 0 Å². The van der Waals surface area contributed by atoms with Crippen LogP contribution in [0.4, 0.5) is 0 Å². The fraction of sp³-hybridized carbons (Fsp3) is 0.526. The van der Waals surface area contributed by atoms with Gasteiger partial charge in [0.05, 0.1) is 35.0 Å². The zero-order chi connectivity index (χ0) is 17.7. The molecule has 1 aromatic rings. The number of likely N-dealkylation sites (tertiary alicyclic amines) is 1. The first kappa shape index (κ1) is 16.7. The highest BCUT2D eigenvalue weighted by Gasteiger charge is 2.52. The van der Waals surface area contributed by atoms with Crippen molar-refractivity contribution in [2.75, 3.05) is 19.6 Å². The molecule has 6 heteroatoms. The summed E-state index contributed by atoms with van der Waals surface area (Å²) in [4.78, 5) is 2.43. The van der Waals surface area contributed by atoms with Gasteiger partial charge in [0.15, 0.2) is 0 Å². The van der Waals surface area contributed by atoms with Crippen LogP contribution in [0.15, 0.2) is 42.3 Å². The number of hydrogen-bond acceptors (Lipinski definition) is 4. The maximum atomic E-state index is 6.11. The lowest BCUT2D eigenvalue weighted by molar-refractivity contribution is 0.00578. The third-order valence-corrected chi connectivity index (χ3v) is 5.65. The van der Waals surface area contributed by atoms with Crippen molar-refractivity contribution in [3.8, 4) is 0 Å². The second kappa shape index (κ2) is 5.92. The maximum Gasteiger partial charge on any atom is 0.498 e. The Labute approximate surface area is 150 Å². The molecule has 1 aliphatic carbocycles. The van der Waals surface area contributed by atoms with Crippen LogP contribution in [0.3, 0.4) is 0 Å². The molecule has 0 amide bonds. The molecule has 0 bridgehead atoms. The van der Waals surface area contributed by atoms with E-state index in [1.165, 1.54) is 5.57 Å². The van der Waals surface area contributed by atoms with E-state index in [0.717, 1.165) is 25.1 Å². The van der Waals surface area contributed by atoms with Crippen molar-refractivity contribution < 1.29 is 9.31 Å². The highest BCUT2D eigenvalue weighted by molar-refractivity contribution is 6.62. The summed E-state index contributed by atoms with van der Waals surface area (Å²) < 4.78 is 14.3. The molecular formula is C19H25BN3O2+. The van der Waals surface area contributed by atoms with Crippen LogP contribution in [0.25, 0.3) is 0 Å². The van der Waals surface area contributed by atoms with Gasteiger partial charge in [-0.1, -0.05) is 0 Å². The predicted octanol–water partition coefficient (Wildman–Crippen LogP) is 1.89. The zero-order valence-electron chi connectivity index (χ0n) is 15.4. The first-order valence-corrected chi connectivity index (χ1v) is 8.91. The molecule has 3 aliphatic rings. The molecule has 0 aromatic carbocycles. The molecule has 130 valence electrons. The largest absolute Gasteiger partial charge is 0.498 e. The van der Waals surface area contributed by atoms with E-state index in [0.29, 0.717) is 6.04 Å². The second-order valence-electron chi connectivity index (χ2n) is 8.10. The molecule has 5 nitrogen and oxygen atoms in total. The maximum absolute atomic E-state index is 6.11. The first-order valence-electron chi connectivity index (χ1n) is 8.91. The summed E-state index contributed by atoms with van der Waals surface area (Å²) in [5.74, 6) is 0. The van der Waals surface area contributed by atoms with Gasteiger partial charge in [0, 0.05) is 43.6 Å². The first-order chi connectivity index (χ1) is 11.8. The zero-order valence-corrected chi connectivity index (χ0v) is 15.4. The third-order valence-electron chi connectivity index (χ3n) is 5.65. The molecular weight excluding hydrogens is 313 g/mol. The lowest BCUT2D eigenvalue weighted by Crippen LogP contribution is -2.48. The average molecular weight is 338 g/mol. The monoisotopic (exact) mass is 338 g/mol. The van der Waals surface area contributed by atoms with Crippen molar-refractivity contribution in [2.24, 2.45) is 0 Å². The van der Waals surface area contributed by atoms with Crippen LogP contribution in [0.2, 0.25) is 0 Å². The molecule has 2 saturated heterocycles. The highest BCUT2D eigenvalue weighted by Crippen LogP contribution is 2.36. The number of nitrogens with zero attached hydrogens (tertiary/aromatic N) is 3. The van der Waals surface area contributed by atoms with Gasteiger partial charge in [-0.25, -0.2) is 0 Å². The molecule has 0 spiro atoms. The van der Waals surface area contributed by atoms with Crippen molar-refractivity contribution in [1.82, 2.24) is 14.7 Å². The topological polar surface area (TPSA) is 39.5 Å².